The van der Waals surface area contributed by atoms with Crippen LogP contribution in [0.15, 0.2) is 48.5 Å². The van der Waals surface area contributed by atoms with Crippen LogP contribution in [0, 0.1) is 0 Å². The first kappa shape index (κ1) is 21.8. The highest BCUT2D eigenvalue weighted by molar-refractivity contribution is 5.90. The van der Waals surface area contributed by atoms with E-state index in [1.54, 1.807) is 0 Å². The molecule has 2 aromatic carbocycles. The number of hydrogen-bond donors (Lipinski definition) is 2. The second-order valence-corrected chi connectivity index (χ2v) is 5.70. The van der Waals surface area contributed by atoms with Gasteiger partial charge < -0.3 is 20.5 Å². The lowest BCUT2D eigenvalue weighted by molar-refractivity contribution is -0.116. The molecule has 0 aromatic heterocycles. The molecular weight excluding hydrogens is 352 g/mol. The van der Waals surface area contributed by atoms with E-state index in [1.807, 2.05) is 48.5 Å². The van der Waals surface area contributed by atoms with Crippen molar-refractivity contribution >= 4 is 24.0 Å². The number of rotatable bonds is 10. The highest BCUT2D eigenvalue weighted by Crippen LogP contribution is 2.17. The summed E-state index contributed by atoms with van der Waals surface area (Å²) < 4.78 is 11.0. The summed E-state index contributed by atoms with van der Waals surface area (Å²) in [5.74, 6) is 1.60. The summed E-state index contributed by atoms with van der Waals surface area (Å²) in [7, 11) is 0. The summed E-state index contributed by atoms with van der Waals surface area (Å²) in [6.45, 7) is 3.75. The molecule has 3 N–H and O–H groups in total. The van der Waals surface area contributed by atoms with E-state index in [2.05, 4.69) is 12.2 Å². The summed E-state index contributed by atoms with van der Waals surface area (Å²) in [5.41, 5.74) is 7.27. The van der Waals surface area contributed by atoms with Gasteiger partial charge in [0, 0.05) is 18.7 Å². The van der Waals surface area contributed by atoms with Gasteiger partial charge in [-0.25, -0.2) is 0 Å². The van der Waals surface area contributed by atoms with Crippen LogP contribution in [0.4, 0.5) is 5.69 Å². The summed E-state index contributed by atoms with van der Waals surface area (Å²) in [4.78, 5) is 12.1. The Kier molecular flexibility index (Phi) is 10.2. The molecule has 0 spiro atoms. The van der Waals surface area contributed by atoms with E-state index in [9.17, 15) is 4.79 Å². The van der Waals surface area contributed by atoms with Crippen molar-refractivity contribution in [1.29, 1.82) is 0 Å². The Morgan fingerprint density at radius 3 is 2.12 bits per heavy atom. The van der Waals surface area contributed by atoms with E-state index in [-0.39, 0.29) is 18.3 Å². The van der Waals surface area contributed by atoms with E-state index in [1.165, 1.54) is 0 Å². The van der Waals surface area contributed by atoms with Crippen molar-refractivity contribution in [3.63, 3.8) is 0 Å². The summed E-state index contributed by atoms with van der Waals surface area (Å²) in [5, 5.41) is 2.89. The molecule has 0 aliphatic heterocycles. The second kappa shape index (κ2) is 12.2. The Balaban J connectivity index is 0.00000338. The average molecular weight is 379 g/mol. The highest BCUT2D eigenvalue weighted by atomic mass is 35.5. The van der Waals surface area contributed by atoms with E-state index in [0.717, 1.165) is 35.8 Å². The quantitative estimate of drug-likeness (QED) is 0.659. The van der Waals surface area contributed by atoms with Crippen molar-refractivity contribution in [2.75, 3.05) is 25.1 Å². The van der Waals surface area contributed by atoms with Gasteiger partial charge in [-0.1, -0.05) is 19.1 Å². The molecule has 0 heterocycles. The predicted octanol–water partition coefficient (Wildman–Crippen LogP) is 3.81. The molecule has 2 aromatic rings. The van der Waals surface area contributed by atoms with Gasteiger partial charge in [-0.15, -0.1) is 12.4 Å². The molecule has 2 rings (SSSR count). The highest BCUT2D eigenvalue weighted by Gasteiger charge is 2.04. The first-order valence-corrected chi connectivity index (χ1v) is 8.65. The Bertz CT molecular complexity index is 645. The minimum absolute atomic E-state index is 0. The lowest BCUT2D eigenvalue weighted by Crippen LogP contribution is -2.12. The van der Waals surface area contributed by atoms with Gasteiger partial charge in [0.15, 0.2) is 0 Å². The van der Waals surface area contributed by atoms with Gasteiger partial charge in [-0.3, -0.25) is 4.79 Å². The van der Waals surface area contributed by atoms with Crippen molar-refractivity contribution in [1.82, 2.24) is 0 Å². The molecule has 5 nitrogen and oxygen atoms in total. The van der Waals surface area contributed by atoms with E-state index < -0.39 is 0 Å². The Morgan fingerprint density at radius 2 is 1.54 bits per heavy atom. The number of hydrogen-bond acceptors (Lipinski definition) is 4. The molecule has 0 aliphatic carbocycles. The molecular formula is C20H27ClN2O3. The first-order valence-electron chi connectivity index (χ1n) is 8.65. The largest absolute Gasteiger partial charge is 0.494 e. The number of halogens is 1. The maximum Gasteiger partial charge on any atom is 0.224 e. The number of nitrogens with one attached hydrogen (secondary N) is 1. The molecule has 0 saturated carbocycles. The zero-order valence-corrected chi connectivity index (χ0v) is 15.9. The van der Waals surface area contributed by atoms with E-state index >= 15 is 0 Å². The summed E-state index contributed by atoms with van der Waals surface area (Å²) in [6, 6.07) is 15.2. The van der Waals surface area contributed by atoms with Crippen molar-refractivity contribution in [3.05, 3.63) is 54.1 Å². The zero-order chi connectivity index (χ0) is 17.9. The van der Waals surface area contributed by atoms with Crippen LogP contribution in [-0.4, -0.2) is 25.7 Å². The van der Waals surface area contributed by atoms with Gasteiger partial charge >= 0.3 is 0 Å². The molecule has 142 valence electrons. The predicted molar refractivity (Wildman–Crippen MR) is 107 cm³/mol. The maximum absolute atomic E-state index is 12.1. The average Bonchev–Trinajstić information content (AvgIpc) is 2.65. The van der Waals surface area contributed by atoms with Crippen molar-refractivity contribution in [2.45, 2.75) is 26.2 Å². The number of nitrogens with two attached hydrogens (primary N) is 1. The lowest BCUT2D eigenvalue weighted by Gasteiger charge is -2.08. The van der Waals surface area contributed by atoms with Crippen LogP contribution in [-0.2, 0) is 11.2 Å². The van der Waals surface area contributed by atoms with Gasteiger partial charge in [-0.05, 0) is 54.8 Å². The molecule has 0 aliphatic rings. The third kappa shape index (κ3) is 7.76. The van der Waals surface area contributed by atoms with Crippen LogP contribution < -0.4 is 20.5 Å². The Labute approximate surface area is 161 Å². The van der Waals surface area contributed by atoms with Gasteiger partial charge in [-0.2, -0.15) is 0 Å². The molecule has 0 bridgehead atoms. The van der Waals surface area contributed by atoms with Gasteiger partial charge in [0.05, 0.1) is 6.61 Å². The molecule has 1 amide bonds. The summed E-state index contributed by atoms with van der Waals surface area (Å²) in [6.07, 6.45) is 2.11. The standard InChI is InChI=1S/C20H26N2O3.ClH/c1-2-14-24-18-8-3-16(4-9-18)5-12-20(23)22-17-6-10-19(11-7-17)25-15-13-21;/h3-4,6-11H,2,5,12-15,21H2,1H3,(H,22,23);1H. The third-order valence-electron chi connectivity index (χ3n) is 3.56. The second-order valence-electron chi connectivity index (χ2n) is 5.70. The fourth-order valence-electron chi connectivity index (χ4n) is 2.26. The van der Waals surface area contributed by atoms with Crippen LogP contribution in [0.1, 0.15) is 25.3 Å². The van der Waals surface area contributed by atoms with Gasteiger partial charge in [0.1, 0.15) is 18.1 Å². The maximum atomic E-state index is 12.1. The molecule has 26 heavy (non-hydrogen) atoms. The lowest BCUT2D eigenvalue weighted by atomic mass is 10.1. The molecule has 0 saturated heterocycles. The molecule has 0 atom stereocenters. The van der Waals surface area contributed by atoms with Crippen molar-refractivity contribution in [3.8, 4) is 11.5 Å². The number of amides is 1. The van der Waals surface area contributed by atoms with Gasteiger partial charge in [0.25, 0.3) is 0 Å². The van der Waals surface area contributed by atoms with Crippen LogP contribution in [0.5, 0.6) is 11.5 Å². The van der Waals surface area contributed by atoms with Crippen LogP contribution in [0.2, 0.25) is 0 Å². The smallest absolute Gasteiger partial charge is 0.224 e. The fourth-order valence-corrected chi connectivity index (χ4v) is 2.26. The van der Waals surface area contributed by atoms with Crippen LogP contribution in [0.3, 0.4) is 0 Å². The first-order chi connectivity index (χ1) is 12.2. The molecule has 0 radical (unpaired) electrons. The molecule has 0 unspecified atom stereocenters. The van der Waals surface area contributed by atoms with Crippen LogP contribution in [0.25, 0.3) is 0 Å². The van der Waals surface area contributed by atoms with E-state index in [0.29, 0.717) is 26.0 Å². The minimum atomic E-state index is -0.0121. The molecule has 6 heteroatoms. The number of carbonyl (C=O) groups excluding carboxylic acids is 1. The number of carbonyl (C=O) groups is 1. The van der Waals surface area contributed by atoms with Crippen molar-refractivity contribution in [2.24, 2.45) is 5.73 Å². The Morgan fingerprint density at radius 1 is 0.962 bits per heavy atom. The number of anilines is 1. The van der Waals surface area contributed by atoms with E-state index in [4.69, 9.17) is 15.2 Å². The third-order valence-corrected chi connectivity index (χ3v) is 3.56. The SMILES string of the molecule is CCCOc1ccc(CCC(=O)Nc2ccc(OCCN)cc2)cc1.Cl. The normalized spacial score (nSPS) is 9.92. The van der Waals surface area contributed by atoms with Crippen LogP contribution >= 0.6 is 12.4 Å². The van der Waals surface area contributed by atoms with Crippen molar-refractivity contribution < 1.29 is 14.3 Å². The fraction of sp³-hybridized carbons (Fsp3) is 0.350. The number of aryl methyl sites for hydroxylation is 1. The topological polar surface area (TPSA) is 73.6 Å². The van der Waals surface area contributed by atoms with Gasteiger partial charge in [0.2, 0.25) is 5.91 Å². The molecule has 0 fully saturated rings. The number of benzene rings is 2. The zero-order valence-electron chi connectivity index (χ0n) is 15.1. The Hall–Kier alpha value is -2.24. The minimum Gasteiger partial charge on any atom is -0.494 e. The monoisotopic (exact) mass is 378 g/mol. The number of ether oxygens (including phenoxy) is 2. The summed E-state index contributed by atoms with van der Waals surface area (Å²) >= 11 is 0.